The molecule has 13 heavy (non-hydrogen) atoms. The Bertz CT molecular complexity index is 197. The molecular formula is C8H15NO4. The normalized spacial score (nSPS) is 34.5. The van der Waals surface area contributed by atoms with Crippen LogP contribution >= 0.6 is 0 Å². The predicted molar refractivity (Wildman–Crippen MR) is 45.4 cm³/mol. The van der Waals surface area contributed by atoms with Crippen molar-refractivity contribution in [2.75, 3.05) is 20.3 Å². The van der Waals surface area contributed by atoms with E-state index in [-0.39, 0.29) is 12.5 Å². The zero-order chi connectivity index (χ0) is 9.90. The van der Waals surface area contributed by atoms with Crippen molar-refractivity contribution in [2.24, 2.45) is 5.73 Å². The summed E-state index contributed by atoms with van der Waals surface area (Å²) in [5, 5.41) is 8.67. The lowest BCUT2D eigenvalue weighted by atomic mass is 9.85. The van der Waals surface area contributed by atoms with Crippen molar-refractivity contribution in [1.29, 1.82) is 0 Å². The second-order valence-electron chi connectivity index (χ2n) is 3.35. The van der Waals surface area contributed by atoms with Crippen LogP contribution in [0.25, 0.3) is 0 Å². The minimum Gasteiger partial charge on any atom is -0.481 e. The molecule has 0 aliphatic carbocycles. The van der Waals surface area contributed by atoms with Gasteiger partial charge in [0.25, 0.3) is 0 Å². The van der Waals surface area contributed by atoms with Gasteiger partial charge in [-0.2, -0.15) is 0 Å². The van der Waals surface area contributed by atoms with Gasteiger partial charge in [0.1, 0.15) is 0 Å². The van der Waals surface area contributed by atoms with E-state index in [1.54, 1.807) is 0 Å². The van der Waals surface area contributed by atoms with Crippen LogP contribution in [-0.4, -0.2) is 43.0 Å². The summed E-state index contributed by atoms with van der Waals surface area (Å²) in [5.41, 5.74) is 5.15. The van der Waals surface area contributed by atoms with Crippen LogP contribution in [0.5, 0.6) is 0 Å². The molecule has 3 N–H and O–H groups in total. The highest BCUT2D eigenvalue weighted by Gasteiger charge is 2.40. The third-order valence-electron chi connectivity index (χ3n) is 2.39. The Morgan fingerprint density at radius 3 is 3.08 bits per heavy atom. The topological polar surface area (TPSA) is 81.8 Å². The second kappa shape index (κ2) is 4.04. The summed E-state index contributed by atoms with van der Waals surface area (Å²) < 4.78 is 10.2. The van der Waals surface area contributed by atoms with E-state index in [0.717, 1.165) is 0 Å². The van der Waals surface area contributed by atoms with Gasteiger partial charge in [0.15, 0.2) is 0 Å². The summed E-state index contributed by atoms with van der Waals surface area (Å²) >= 11 is 0. The minimum atomic E-state index is -0.897. The van der Waals surface area contributed by atoms with Gasteiger partial charge < -0.3 is 20.3 Å². The largest absolute Gasteiger partial charge is 0.481 e. The molecule has 1 heterocycles. The highest BCUT2D eigenvalue weighted by Crippen LogP contribution is 2.23. The summed E-state index contributed by atoms with van der Waals surface area (Å²) in [4.78, 5) is 10.6. The first-order valence-corrected chi connectivity index (χ1v) is 4.20. The number of carboxylic acids is 1. The summed E-state index contributed by atoms with van der Waals surface area (Å²) in [7, 11) is 1.52. The van der Waals surface area contributed by atoms with Gasteiger partial charge in [0.05, 0.1) is 24.7 Å². The highest BCUT2D eigenvalue weighted by atomic mass is 16.5. The summed E-state index contributed by atoms with van der Waals surface area (Å²) in [6.07, 6.45) is 0.129. The Morgan fingerprint density at radius 1 is 1.85 bits per heavy atom. The average molecular weight is 189 g/mol. The molecule has 76 valence electrons. The Kier molecular flexibility index (Phi) is 3.24. The third-order valence-corrected chi connectivity index (χ3v) is 2.39. The van der Waals surface area contributed by atoms with Gasteiger partial charge in [-0.25, -0.2) is 0 Å². The van der Waals surface area contributed by atoms with Gasteiger partial charge in [0, 0.05) is 13.7 Å². The SMILES string of the molecule is COC1COCCC1(N)CC(=O)O. The average Bonchev–Trinajstić information content (AvgIpc) is 2.03. The number of methoxy groups -OCH3 is 1. The van der Waals surface area contributed by atoms with Crippen LogP contribution in [0.1, 0.15) is 12.8 Å². The van der Waals surface area contributed by atoms with Crippen LogP contribution in [0.4, 0.5) is 0 Å². The number of hydrogen-bond acceptors (Lipinski definition) is 4. The predicted octanol–water partition coefficient (Wildman–Crippen LogP) is -0.406. The first-order valence-electron chi connectivity index (χ1n) is 4.20. The number of carboxylic acid groups (broad SMARTS) is 1. The number of rotatable bonds is 3. The van der Waals surface area contributed by atoms with Crippen LogP contribution in [0.15, 0.2) is 0 Å². The van der Waals surface area contributed by atoms with E-state index in [1.165, 1.54) is 7.11 Å². The molecule has 0 spiro atoms. The molecule has 0 radical (unpaired) electrons. The van der Waals surface area contributed by atoms with Crippen LogP contribution in [-0.2, 0) is 14.3 Å². The van der Waals surface area contributed by atoms with Crippen LogP contribution in [0.3, 0.4) is 0 Å². The standard InChI is InChI=1S/C8H15NO4/c1-12-6-5-13-3-2-8(6,9)4-7(10)11/h6H,2-5,9H2,1H3,(H,10,11). The first kappa shape index (κ1) is 10.4. The third kappa shape index (κ3) is 2.40. The van der Waals surface area contributed by atoms with Gasteiger partial charge in [-0.3, -0.25) is 4.79 Å². The van der Waals surface area contributed by atoms with Crippen molar-refractivity contribution in [3.8, 4) is 0 Å². The Morgan fingerprint density at radius 2 is 2.54 bits per heavy atom. The van der Waals surface area contributed by atoms with Crippen molar-refractivity contribution >= 4 is 5.97 Å². The number of hydrogen-bond donors (Lipinski definition) is 2. The number of aliphatic carboxylic acids is 1. The van der Waals surface area contributed by atoms with Crippen LogP contribution in [0.2, 0.25) is 0 Å². The molecule has 1 fully saturated rings. The fraction of sp³-hybridized carbons (Fsp3) is 0.875. The maximum atomic E-state index is 10.6. The lowest BCUT2D eigenvalue weighted by Crippen LogP contribution is -2.58. The molecule has 0 aromatic heterocycles. The molecule has 1 rings (SSSR count). The van der Waals surface area contributed by atoms with E-state index in [0.29, 0.717) is 19.6 Å². The lowest BCUT2D eigenvalue weighted by Gasteiger charge is -2.38. The van der Waals surface area contributed by atoms with Gasteiger partial charge >= 0.3 is 5.97 Å². The van der Waals surface area contributed by atoms with Gasteiger partial charge in [-0.05, 0) is 6.42 Å². The molecule has 1 aliphatic rings. The molecule has 0 aromatic rings. The van der Waals surface area contributed by atoms with Crippen LogP contribution in [0, 0.1) is 0 Å². The molecule has 5 nitrogen and oxygen atoms in total. The van der Waals surface area contributed by atoms with E-state index in [9.17, 15) is 4.79 Å². The molecule has 1 saturated heterocycles. The van der Waals surface area contributed by atoms with Gasteiger partial charge in [-0.15, -0.1) is 0 Å². The molecular weight excluding hydrogens is 174 g/mol. The molecule has 5 heteroatoms. The molecule has 0 aromatic carbocycles. The van der Waals surface area contributed by atoms with Crippen molar-refractivity contribution in [2.45, 2.75) is 24.5 Å². The van der Waals surface area contributed by atoms with E-state index >= 15 is 0 Å². The minimum absolute atomic E-state index is 0.0745. The lowest BCUT2D eigenvalue weighted by molar-refractivity contribution is -0.143. The maximum absolute atomic E-state index is 10.6. The molecule has 2 atom stereocenters. The maximum Gasteiger partial charge on any atom is 0.305 e. The van der Waals surface area contributed by atoms with E-state index in [2.05, 4.69) is 0 Å². The fourth-order valence-corrected chi connectivity index (χ4v) is 1.57. The van der Waals surface area contributed by atoms with Gasteiger partial charge in [0.2, 0.25) is 0 Å². The summed E-state index contributed by atoms with van der Waals surface area (Å²) in [6.45, 7) is 0.879. The monoisotopic (exact) mass is 189 g/mol. The quantitative estimate of drug-likeness (QED) is 0.631. The molecule has 2 unspecified atom stereocenters. The number of nitrogens with two attached hydrogens (primary N) is 1. The molecule has 1 aliphatic heterocycles. The Balaban J connectivity index is 2.64. The summed E-state index contributed by atoms with van der Waals surface area (Å²) in [5.74, 6) is -0.897. The smallest absolute Gasteiger partial charge is 0.305 e. The highest BCUT2D eigenvalue weighted by molar-refractivity contribution is 5.68. The second-order valence-corrected chi connectivity index (χ2v) is 3.35. The number of ether oxygens (including phenoxy) is 2. The van der Waals surface area contributed by atoms with Crippen molar-refractivity contribution in [3.05, 3.63) is 0 Å². The van der Waals surface area contributed by atoms with E-state index in [1.807, 2.05) is 0 Å². The zero-order valence-electron chi connectivity index (χ0n) is 7.66. The van der Waals surface area contributed by atoms with Crippen molar-refractivity contribution < 1.29 is 19.4 Å². The van der Waals surface area contributed by atoms with Crippen molar-refractivity contribution in [1.82, 2.24) is 0 Å². The van der Waals surface area contributed by atoms with Crippen molar-refractivity contribution in [3.63, 3.8) is 0 Å². The molecule has 0 amide bonds. The Labute approximate surface area is 76.8 Å². The number of carbonyl (C=O) groups is 1. The zero-order valence-corrected chi connectivity index (χ0v) is 7.66. The van der Waals surface area contributed by atoms with Crippen LogP contribution < -0.4 is 5.73 Å². The van der Waals surface area contributed by atoms with E-state index < -0.39 is 11.5 Å². The van der Waals surface area contributed by atoms with E-state index in [4.69, 9.17) is 20.3 Å². The van der Waals surface area contributed by atoms with Gasteiger partial charge in [-0.1, -0.05) is 0 Å². The fourth-order valence-electron chi connectivity index (χ4n) is 1.57. The Hall–Kier alpha value is -0.650. The summed E-state index contributed by atoms with van der Waals surface area (Å²) in [6, 6.07) is 0. The molecule has 0 saturated carbocycles. The first-order chi connectivity index (χ1) is 6.08. The molecule has 0 bridgehead atoms.